The third-order valence-electron chi connectivity index (χ3n) is 6.05. The average molecular weight is 444 g/mol. The molecule has 0 spiro atoms. The van der Waals surface area contributed by atoms with Crippen molar-refractivity contribution in [1.29, 1.82) is 0 Å². The lowest BCUT2D eigenvalue weighted by Crippen LogP contribution is -2.63. The van der Waals surface area contributed by atoms with Crippen molar-refractivity contribution < 1.29 is 19.8 Å². The van der Waals surface area contributed by atoms with Crippen LogP contribution in [0, 0.1) is 18.8 Å². The Bertz CT molecular complexity index is 1240. The fourth-order valence-corrected chi connectivity index (χ4v) is 6.91. The van der Waals surface area contributed by atoms with E-state index in [0.717, 1.165) is 27.3 Å². The Morgan fingerprint density at radius 1 is 1.40 bits per heavy atom. The number of thiazole rings is 1. The molecule has 2 aliphatic heterocycles. The second-order valence-corrected chi connectivity index (χ2v) is 9.86. The summed E-state index contributed by atoms with van der Waals surface area (Å²) in [6, 6.07) is 5.89. The van der Waals surface area contributed by atoms with Gasteiger partial charge in [-0.15, -0.1) is 23.1 Å². The number of carbonyl (C=O) groups is 2. The minimum Gasteiger partial charge on any atom is -0.477 e. The molecule has 2 N–H and O–H groups in total. The molecule has 7 nitrogen and oxygen atoms in total. The van der Waals surface area contributed by atoms with Crippen LogP contribution in [0.5, 0.6) is 0 Å². The minimum absolute atomic E-state index is 0.0667. The van der Waals surface area contributed by atoms with Gasteiger partial charge in [-0.05, 0) is 31.5 Å². The lowest BCUT2D eigenvalue weighted by Gasteiger charge is -2.46. The largest absolute Gasteiger partial charge is 0.477 e. The highest BCUT2D eigenvalue weighted by atomic mass is 32.2. The Hall–Kier alpha value is -2.36. The number of thioether (sulfide) groups is 1. The standard InChI is InChI=1S/C21H21N3O4S2/c1-9-4-5-14-13(6-9)22-21-23(14)12(8-30-21)7-29-18-10(2)16-15(11(3)25)19(26)24(16)17(18)20(27)28/h4-6,8,10-11,15-16,25H,7H2,1-3H3,(H,27,28)/t10-,11-,15-,16-/m1/s1. The van der Waals surface area contributed by atoms with Gasteiger partial charge in [-0.3, -0.25) is 9.20 Å². The zero-order valence-electron chi connectivity index (χ0n) is 16.7. The summed E-state index contributed by atoms with van der Waals surface area (Å²) in [5, 5.41) is 21.8. The first-order valence-electron chi connectivity index (χ1n) is 9.76. The van der Waals surface area contributed by atoms with E-state index in [4.69, 9.17) is 4.98 Å². The van der Waals surface area contributed by atoms with Crippen LogP contribution in [-0.2, 0) is 15.3 Å². The highest BCUT2D eigenvalue weighted by molar-refractivity contribution is 8.02. The summed E-state index contributed by atoms with van der Waals surface area (Å²) in [5.74, 6) is -1.49. The number of β-lactam (4-membered cyclic amide) rings is 1. The van der Waals surface area contributed by atoms with Gasteiger partial charge in [0, 0.05) is 27.6 Å². The third-order valence-corrected chi connectivity index (χ3v) is 8.24. The first-order valence-corrected chi connectivity index (χ1v) is 11.6. The number of carboxylic acids is 1. The predicted octanol–water partition coefficient (Wildman–Crippen LogP) is 3.24. The van der Waals surface area contributed by atoms with Crippen LogP contribution >= 0.6 is 23.1 Å². The number of aryl methyl sites for hydroxylation is 1. The number of aliphatic carboxylic acids is 1. The number of hydrogen-bond donors (Lipinski definition) is 2. The second kappa shape index (κ2) is 6.83. The molecule has 1 fully saturated rings. The number of aromatic nitrogens is 2. The van der Waals surface area contributed by atoms with Crippen LogP contribution in [0.1, 0.15) is 25.1 Å². The molecule has 9 heteroatoms. The number of amides is 1. The Labute approximate surface area is 181 Å². The normalized spacial score (nSPS) is 24.6. The molecule has 2 aromatic heterocycles. The maximum Gasteiger partial charge on any atom is 0.353 e. The van der Waals surface area contributed by atoms with E-state index in [1.807, 2.05) is 19.2 Å². The summed E-state index contributed by atoms with van der Waals surface area (Å²) in [6.45, 7) is 5.57. The zero-order chi connectivity index (χ0) is 21.3. The van der Waals surface area contributed by atoms with Gasteiger partial charge in [-0.2, -0.15) is 0 Å². The molecule has 1 aromatic carbocycles. The van der Waals surface area contributed by atoms with Crippen LogP contribution in [0.3, 0.4) is 0 Å². The van der Waals surface area contributed by atoms with Gasteiger partial charge in [-0.1, -0.05) is 13.0 Å². The van der Waals surface area contributed by atoms with Crippen LogP contribution in [0.4, 0.5) is 0 Å². The van der Waals surface area contributed by atoms with Crippen LogP contribution in [0.25, 0.3) is 16.0 Å². The number of aliphatic hydroxyl groups is 1. The predicted molar refractivity (Wildman–Crippen MR) is 116 cm³/mol. The Balaban J connectivity index is 1.48. The summed E-state index contributed by atoms with van der Waals surface area (Å²) in [6.07, 6.45) is -0.794. The van der Waals surface area contributed by atoms with Crippen molar-refractivity contribution in [3.63, 3.8) is 0 Å². The minimum atomic E-state index is -1.09. The highest BCUT2D eigenvalue weighted by Gasteiger charge is 2.59. The van der Waals surface area contributed by atoms with Crippen LogP contribution in [0.2, 0.25) is 0 Å². The van der Waals surface area contributed by atoms with Gasteiger partial charge in [-0.25, -0.2) is 9.78 Å². The average Bonchev–Trinajstić information content (AvgIpc) is 3.29. The monoisotopic (exact) mass is 443 g/mol. The van der Waals surface area contributed by atoms with E-state index < -0.39 is 18.0 Å². The van der Waals surface area contributed by atoms with Gasteiger partial charge in [0.05, 0.1) is 29.1 Å². The van der Waals surface area contributed by atoms with E-state index in [9.17, 15) is 19.8 Å². The summed E-state index contributed by atoms with van der Waals surface area (Å²) in [7, 11) is 0. The van der Waals surface area contributed by atoms with Crippen molar-refractivity contribution >= 4 is 51.0 Å². The number of benzene rings is 1. The van der Waals surface area contributed by atoms with E-state index >= 15 is 0 Å². The fraction of sp³-hybridized carbons (Fsp3) is 0.381. The maximum atomic E-state index is 12.5. The molecule has 1 amide bonds. The number of aliphatic hydroxyl groups excluding tert-OH is 1. The Kier molecular flexibility index (Phi) is 4.46. The number of fused-ring (bicyclic) bond motifs is 4. The molecule has 0 aliphatic carbocycles. The molecule has 30 heavy (non-hydrogen) atoms. The van der Waals surface area contributed by atoms with Crippen LogP contribution in [-0.4, -0.2) is 48.5 Å². The molecule has 0 bridgehead atoms. The van der Waals surface area contributed by atoms with Crippen molar-refractivity contribution in [2.24, 2.45) is 11.8 Å². The van der Waals surface area contributed by atoms with Gasteiger partial charge >= 0.3 is 5.97 Å². The van der Waals surface area contributed by atoms with E-state index in [-0.39, 0.29) is 23.6 Å². The van der Waals surface area contributed by atoms with Gasteiger partial charge in [0.15, 0.2) is 4.96 Å². The van der Waals surface area contributed by atoms with Gasteiger partial charge < -0.3 is 15.1 Å². The lowest BCUT2D eigenvalue weighted by molar-refractivity contribution is -0.163. The van der Waals surface area contributed by atoms with E-state index in [0.29, 0.717) is 10.7 Å². The van der Waals surface area contributed by atoms with E-state index in [2.05, 4.69) is 22.6 Å². The van der Waals surface area contributed by atoms with Crippen molar-refractivity contribution in [3.05, 3.63) is 45.4 Å². The van der Waals surface area contributed by atoms with Gasteiger partial charge in [0.2, 0.25) is 5.91 Å². The molecule has 4 heterocycles. The zero-order valence-corrected chi connectivity index (χ0v) is 18.3. The Morgan fingerprint density at radius 3 is 2.87 bits per heavy atom. The fourth-order valence-electron chi connectivity index (χ4n) is 4.66. The molecule has 3 aromatic rings. The number of rotatable bonds is 5. The van der Waals surface area contributed by atoms with E-state index in [1.165, 1.54) is 16.7 Å². The van der Waals surface area contributed by atoms with Crippen LogP contribution in [0.15, 0.2) is 34.2 Å². The molecular formula is C21H21N3O4S2. The van der Waals surface area contributed by atoms with Crippen LogP contribution < -0.4 is 0 Å². The Morgan fingerprint density at radius 2 is 2.17 bits per heavy atom. The van der Waals surface area contributed by atoms with Crippen molar-refractivity contribution in [1.82, 2.24) is 14.3 Å². The van der Waals surface area contributed by atoms with Crippen molar-refractivity contribution in [2.75, 3.05) is 0 Å². The first-order chi connectivity index (χ1) is 14.3. The number of carbonyl (C=O) groups excluding carboxylic acids is 1. The molecule has 0 radical (unpaired) electrons. The number of hydrogen-bond acceptors (Lipinski definition) is 6. The molecule has 156 valence electrons. The molecule has 0 saturated carbocycles. The molecule has 1 saturated heterocycles. The van der Waals surface area contributed by atoms with Crippen molar-refractivity contribution in [3.8, 4) is 0 Å². The van der Waals surface area contributed by atoms with Crippen molar-refractivity contribution in [2.45, 2.75) is 38.7 Å². The van der Waals surface area contributed by atoms with Gasteiger partial charge in [0.1, 0.15) is 5.70 Å². The first kappa shape index (κ1) is 19.6. The number of imidazole rings is 1. The SMILES string of the molecule is Cc1ccc2c(c1)nc1scc(CSC3=C(C(=O)O)N4C(=O)[C@H]([C@@H](C)O)[C@H]4[C@H]3C)n12. The summed E-state index contributed by atoms with van der Waals surface area (Å²) < 4.78 is 2.12. The second-order valence-electron chi connectivity index (χ2n) is 8.01. The molecule has 4 atom stereocenters. The molecule has 5 rings (SSSR count). The summed E-state index contributed by atoms with van der Waals surface area (Å²) in [4.78, 5) is 32.1. The topological polar surface area (TPSA) is 95.1 Å². The smallest absolute Gasteiger partial charge is 0.353 e. The summed E-state index contributed by atoms with van der Waals surface area (Å²) >= 11 is 3.02. The lowest BCUT2D eigenvalue weighted by atomic mass is 9.79. The molecule has 0 unspecified atom stereocenters. The van der Waals surface area contributed by atoms with E-state index in [1.54, 1.807) is 18.3 Å². The number of carboxylic acid groups (broad SMARTS) is 1. The van der Waals surface area contributed by atoms with Gasteiger partial charge in [0.25, 0.3) is 0 Å². The molecule has 2 aliphatic rings. The molecular weight excluding hydrogens is 422 g/mol. The highest BCUT2D eigenvalue weighted by Crippen LogP contribution is 2.51. The maximum absolute atomic E-state index is 12.5. The summed E-state index contributed by atoms with van der Waals surface area (Å²) in [5.41, 5.74) is 4.25. The third kappa shape index (κ3) is 2.65. The quantitative estimate of drug-likeness (QED) is 0.588. The number of nitrogens with zero attached hydrogens (tertiary/aromatic N) is 3.